The van der Waals surface area contributed by atoms with Crippen LogP contribution in [0.5, 0.6) is 0 Å². The Morgan fingerprint density at radius 3 is 2.70 bits per heavy atom. The highest BCUT2D eigenvalue weighted by Gasteiger charge is 2.10. The smallest absolute Gasteiger partial charge is 0.241 e. The summed E-state index contributed by atoms with van der Waals surface area (Å²) >= 11 is 0. The largest absolute Gasteiger partial charge is 0.398 e. The molecule has 5 nitrogen and oxygen atoms in total. The number of fused-ring (bicyclic) bond motifs is 1. The molecule has 1 aromatic carbocycles. The van der Waals surface area contributed by atoms with E-state index in [2.05, 4.69) is 10.3 Å². The summed E-state index contributed by atoms with van der Waals surface area (Å²) in [7, 11) is 0. The summed E-state index contributed by atoms with van der Waals surface area (Å²) in [5.74, 6) is 0.0917. The van der Waals surface area contributed by atoms with Gasteiger partial charge in [-0.25, -0.2) is 0 Å². The average molecular weight is 272 g/mol. The fourth-order valence-electron chi connectivity index (χ4n) is 2.23. The van der Waals surface area contributed by atoms with Gasteiger partial charge in [0.05, 0.1) is 6.54 Å². The molecule has 0 aliphatic heterocycles. The summed E-state index contributed by atoms with van der Waals surface area (Å²) < 4.78 is 0. The second-order valence-corrected chi connectivity index (χ2v) is 4.54. The van der Waals surface area contributed by atoms with Crippen LogP contribution in [0.3, 0.4) is 0 Å². The molecule has 0 fully saturated rings. The number of hydrogen-bond donors (Lipinski definition) is 2. The van der Waals surface area contributed by atoms with Crippen molar-refractivity contribution in [2.24, 2.45) is 0 Å². The van der Waals surface area contributed by atoms with Crippen molar-refractivity contribution in [1.82, 2.24) is 9.88 Å². The first-order chi connectivity index (χ1) is 9.67. The molecule has 20 heavy (non-hydrogen) atoms. The Morgan fingerprint density at radius 1 is 1.25 bits per heavy atom. The number of carbonyl (C=O) groups excluding carboxylic acids is 1. The lowest BCUT2D eigenvalue weighted by Crippen LogP contribution is -2.35. The maximum absolute atomic E-state index is 12.0. The number of nitrogens with two attached hydrogens (primary N) is 1. The van der Waals surface area contributed by atoms with Crippen LogP contribution in [0.15, 0.2) is 30.6 Å². The number of likely N-dealkylation sites (N-methyl/N-ethyl adjacent to an activating group) is 1. The summed E-state index contributed by atoms with van der Waals surface area (Å²) in [5, 5.41) is 5.06. The lowest BCUT2D eigenvalue weighted by atomic mass is 10.1. The molecule has 0 aliphatic carbocycles. The monoisotopic (exact) mass is 272 g/mol. The first-order valence-electron chi connectivity index (χ1n) is 6.81. The van der Waals surface area contributed by atoms with Crippen LogP contribution in [0.4, 0.5) is 11.4 Å². The number of carbonyl (C=O) groups is 1. The Bertz CT molecular complexity index is 608. The third-order valence-corrected chi connectivity index (χ3v) is 3.40. The van der Waals surface area contributed by atoms with Gasteiger partial charge in [-0.3, -0.25) is 9.78 Å². The summed E-state index contributed by atoms with van der Waals surface area (Å²) in [6.45, 7) is 5.69. The zero-order valence-corrected chi connectivity index (χ0v) is 11.9. The highest BCUT2D eigenvalue weighted by Crippen LogP contribution is 2.27. The Labute approximate surface area is 118 Å². The molecule has 1 heterocycles. The molecule has 0 saturated carbocycles. The van der Waals surface area contributed by atoms with Crippen LogP contribution in [-0.4, -0.2) is 35.4 Å². The Kier molecular flexibility index (Phi) is 4.40. The quantitative estimate of drug-likeness (QED) is 0.818. The summed E-state index contributed by atoms with van der Waals surface area (Å²) in [6, 6.07) is 5.62. The molecular formula is C15H20N4O. The molecule has 1 amide bonds. The predicted molar refractivity (Wildman–Crippen MR) is 82.6 cm³/mol. The van der Waals surface area contributed by atoms with E-state index in [0.717, 1.165) is 29.5 Å². The lowest BCUT2D eigenvalue weighted by molar-refractivity contribution is -0.128. The molecule has 2 aromatic rings. The number of pyridine rings is 1. The summed E-state index contributed by atoms with van der Waals surface area (Å²) in [4.78, 5) is 17.9. The number of nitrogens with zero attached hydrogens (tertiary/aromatic N) is 2. The van der Waals surface area contributed by atoms with E-state index in [0.29, 0.717) is 5.69 Å². The SMILES string of the molecule is CCN(CC)C(=O)CNc1ccc(N)c2cnccc12. The number of rotatable bonds is 5. The topological polar surface area (TPSA) is 71.2 Å². The van der Waals surface area contributed by atoms with E-state index in [4.69, 9.17) is 5.73 Å². The lowest BCUT2D eigenvalue weighted by Gasteiger charge is -2.19. The molecule has 0 aliphatic rings. The number of hydrogen-bond acceptors (Lipinski definition) is 4. The summed E-state index contributed by atoms with van der Waals surface area (Å²) in [6.07, 6.45) is 3.46. The van der Waals surface area contributed by atoms with E-state index in [-0.39, 0.29) is 12.5 Å². The minimum absolute atomic E-state index is 0.0917. The van der Waals surface area contributed by atoms with E-state index in [9.17, 15) is 4.79 Å². The fourth-order valence-corrected chi connectivity index (χ4v) is 2.23. The van der Waals surface area contributed by atoms with Gasteiger partial charge >= 0.3 is 0 Å². The van der Waals surface area contributed by atoms with E-state index < -0.39 is 0 Å². The highest BCUT2D eigenvalue weighted by atomic mass is 16.2. The molecule has 5 heteroatoms. The second kappa shape index (κ2) is 6.23. The molecule has 0 radical (unpaired) electrons. The fraction of sp³-hybridized carbons (Fsp3) is 0.333. The molecular weight excluding hydrogens is 252 g/mol. The standard InChI is InChI=1S/C15H20N4O/c1-3-19(4-2)15(20)10-18-14-6-5-13(16)12-9-17-8-7-11(12)14/h5-9,18H,3-4,10,16H2,1-2H3. The first-order valence-corrected chi connectivity index (χ1v) is 6.81. The van der Waals surface area contributed by atoms with Crippen molar-refractivity contribution in [1.29, 1.82) is 0 Å². The third kappa shape index (κ3) is 2.82. The second-order valence-electron chi connectivity index (χ2n) is 4.54. The van der Waals surface area contributed by atoms with Crippen LogP contribution >= 0.6 is 0 Å². The minimum Gasteiger partial charge on any atom is -0.398 e. The van der Waals surface area contributed by atoms with E-state index in [1.54, 1.807) is 17.3 Å². The average Bonchev–Trinajstić information content (AvgIpc) is 2.48. The zero-order chi connectivity index (χ0) is 14.5. The van der Waals surface area contributed by atoms with Crippen LogP contribution in [-0.2, 0) is 4.79 Å². The molecule has 0 spiro atoms. The van der Waals surface area contributed by atoms with Crippen LogP contribution < -0.4 is 11.1 Å². The van der Waals surface area contributed by atoms with Crippen molar-refractivity contribution in [2.75, 3.05) is 30.7 Å². The van der Waals surface area contributed by atoms with Gasteiger partial charge in [-0.15, -0.1) is 0 Å². The van der Waals surface area contributed by atoms with Gasteiger partial charge in [0.2, 0.25) is 5.91 Å². The number of amides is 1. The number of anilines is 2. The van der Waals surface area contributed by atoms with Gasteiger partial charge in [0.15, 0.2) is 0 Å². The van der Waals surface area contributed by atoms with E-state index in [1.165, 1.54) is 0 Å². The van der Waals surface area contributed by atoms with Crippen molar-refractivity contribution in [3.8, 4) is 0 Å². The van der Waals surface area contributed by atoms with Crippen molar-refractivity contribution in [2.45, 2.75) is 13.8 Å². The number of nitrogens with one attached hydrogen (secondary N) is 1. The van der Waals surface area contributed by atoms with E-state index in [1.807, 2.05) is 32.0 Å². The van der Waals surface area contributed by atoms with Crippen molar-refractivity contribution < 1.29 is 4.79 Å². The van der Waals surface area contributed by atoms with Crippen LogP contribution in [0.25, 0.3) is 10.8 Å². The number of aromatic nitrogens is 1. The molecule has 3 N–H and O–H groups in total. The van der Waals surface area contributed by atoms with Gasteiger partial charge in [0.25, 0.3) is 0 Å². The normalized spacial score (nSPS) is 10.5. The van der Waals surface area contributed by atoms with Gasteiger partial charge in [0, 0.05) is 47.6 Å². The molecule has 0 saturated heterocycles. The Morgan fingerprint density at radius 2 is 2.00 bits per heavy atom. The van der Waals surface area contributed by atoms with Crippen molar-refractivity contribution >= 4 is 28.1 Å². The molecule has 0 bridgehead atoms. The van der Waals surface area contributed by atoms with Crippen LogP contribution in [0, 0.1) is 0 Å². The number of benzene rings is 1. The van der Waals surface area contributed by atoms with Crippen LogP contribution in [0.1, 0.15) is 13.8 Å². The first kappa shape index (κ1) is 14.1. The predicted octanol–water partition coefficient (Wildman–Crippen LogP) is 2.10. The number of nitrogen functional groups attached to an aromatic ring is 1. The third-order valence-electron chi connectivity index (χ3n) is 3.40. The van der Waals surface area contributed by atoms with Gasteiger partial charge in [-0.05, 0) is 32.0 Å². The van der Waals surface area contributed by atoms with Gasteiger partial charge in [0.1, 0.15) is 0 Å². The maximum atomic E-state index is 12.0. The van der Waals surface area contributed by atoms with Gasteiger partial charge in [-0.1, -0.05) is 0 Å². The molecule has 0 unspecified atom stereocenters. The molecule has 1 aromatic heterocycles. The summed E-state index contributed by atoms with van der Waals surface area (Å²) in [5.41, 5.74) is 7.52. The molecule has 106 valence electrons. The zero-order valence-electron chi connectivity index (χ0n) is 11.9. The van der Waals surface area contributed by atoms with Gasteiger partial charge in [-0.2, -0.15) is 0 Å². The maximum Gasteiger partial charge on any atom is 0.241 e. The Balaban J connectivity index is 2.19. The van der Waals surface area contributed by atoms with Crippen LogP contribution in [0.2, 0.25) is 0 Å². The minimum atomic E-state index is 0.0917. The van der Waals surface area contributed by atoms with Gasteiger partial charge < -0.3 is 16.0 Å². The van der Waals surface area contributed by atoms with Crippen molar-refractivity contribution in [3.05, 3.63) is 30.6 Å². The molecule has 0 atom stereocenters. The van der Waals surface area contributed by atoms with E-state index >= 15 is 0 Å². The highest BCUT2D eigenvalue weighted by molar-refractivity contribution is 6.01. The molecule has 2 rings (SSSR count). The van der Waals surface area contributed by atoms with Crippen molar-refractivity contribution in [3.63, 3.8) is 0 Å². The Hall–Kier alpha value is -2.30.